The third-order valence-electron chi connectivity index (χ3n) is 4.21. The molecule has 27 heavy (non-hydrogen) atoms. The highest BCUT2D eigenvalue weighted by atomic mass is 16.7. The first-order valence-electron chi connectivity index (χ1n) is 8.56. The lowest BCUT2D eigenvalue weighted by atomic mass is 10.1. The number of hydrogen-bond donors (Lipinski definition) is 2. The molecule has 0 spiro atoms. The first kappa shape index (κ1) is 19.0. The van der Waals surface area contributed by atoms with Crippen molar-refractivity contribution in [2.45, 2.75) is 31.0 Å². The molecular formula is C20H20O7. The number of aliphatic hydroxyl groups is 2. The first-order chi connectivity index (χ1) is 13.1. The van der Waals surface area contributed by atoms with Gasteiger partial charge in [0.25, 0.3) is 0 Å². The zero-order chi connectivity index (χ0) is 19.2. The molecule has 0 amide bonds. The quantitative estimate of drug-likeness (QED) is 0.742. The van der Waals surface area contributed by atoms with E-state index in [0.29, 0.717) is 11.1 Å². The second kappa shape index (κ2) is 8.77. The molecule has 7 heteroatoms. The third kappa shape index (κ3) is 4.71. The standard InChI is InChI=1S/C20H20O7/c21-16-17(27-19(23)14-9-5-2-6-10-14)15(26-20(16)24)11-12-25-18(22)13-7-3-1-4-8-13/h1-10,15-17,20-21,24H,11-12H2/t15-,16-,17-,20+/m1/s1. The Kier molecular flexibility index (Phi) is 6.18. The summed E-state index contributed by atoms with van der Waals surface area (Å²) in [6.45, 7) is -0.0166. The number of ether oxygens (including phenoxy) is 3. The van der Waals surface area contributed by atoms with Gasteiger partial charge in [0.1, 0.15) is 12.2 Å². The highest BCUT2D eigenvalue weighted by molar-refractivity contribution is 5.89. The van der Waals surface area contributed by atoms with Gasteiger partial charge >= 0.3 is 11.9 Å². The van der Waals surface area contributed by atoms with E-state index in [1.807, 2.05) is 0 Å². The second-order valence-electron chi connectivity index (χ2n) is 6.08. The van der Waals surface area contributed by atoms with E-state index in [0.717, 1.165) is 0 Å². The van der Waals surface area contributed by atoms with Crippen molar-refractivity contribution in [3.8, 4) is 0 Å². The topological polar surface area (TPSA) is 102 Å². The zero-order valence-electron chi connectivity index (χ0n) is 14.4. The molecule has 0 radical (unpaired) electrons. The number of rotatable bonds is 6. The number of esters is 2. The summed E-state index contributed by atoms with van der Waals surface area (Å²) in [6.07, 6.45) is -4.57. The van der Waals surface area contributed by atoms with Crippen molar-refractivity contribution < 1.29 is 34.0 Å². The summed E-state index contributed by atoms with van der Waals surface area (Å²) in [5.74, 6) is -1.13. The van der Waals surface area contributed by atoms with Crippen molar-refractivity contribution >= 4 is 11.9 Å². The molecule has 0 saturated carbocycles. The van der Waals surface area contributed by atoms with E-state index in [-0.39, 0.29) is 13.0 Å². The van der Waals surface area contributed by atoms with Gasteiger partial charge in [-0.3, -0.25) is 0 Å². The van der Waals surface area contributed by atoms with Gasteiger partial charge in [0.15, 0.2) is 12.4 Å². The molecule has 2 N–H and O–H groups in total. The lowest BCUT2D eigenvalue weighted by Gasteiger charge is -2.20. The van der Waals surface area contributed by atoms with Crippen molar-refractivity contribution in [3.63, 3.8) is 0 Å². The van der Waals surface area contributed by atoms with Crippen molar-refractivity contribution in [1.82, 2.24) is 0 Å². The molecule has 2 aromatic carbocycles. The highest BCUT2D eigenvalue weighted by Gasteiger charge is 2.45. The first-order valence-corrected chi connectivity index (χ1v) is 8.56. The molecule has 0 bridgehead atoms. The van der Waals surface area contributed by atoms with Gasteiger partial charge in [0.05, 0.1) is 17.7 Å². The predicted octanol–water partition coefficient (Wildman–Crippen LogP) is 1.54. The van der Waals surface area contributed by atoms with Gasteiger partial charge in [0.2, 0.25) is 0 Å². The monoisotopic (exact) mass is 372 g/mol. The average molecular weight is 372 g/mol. The molecule has 1 saturated heterocycles. The van der Waals surface area contributed by atoms with Crippen LogP contribution in [0.3, 0.4) is 0 Å². The van der Waals surface area contributed by atoms with Gasteiger partial charge in [0, 0.05) is 6.42 Å². The van der Waals surface area contributed by atoms with Crippen molar-refractivity contribution in [2.24, 2.45) is 0 Å². The van der Waals surface area contributed by atoms with E-state index >= 15 is 0 Å². The van der Waals surface area contributed by atoms with Crippen molar-refractivity contribution in [3.05, 3.63) is 71.8 Å². The van der Waals surface area contributed by atoms with Crippen LogP contribution >= 0.6 is 0 Å². The Bertz CT molecular complexity index is 762. The lowest BCUT2D eigenvalue weighted by molar-refractivity contribution is -0.129. The predicted molar refractivity (Wildman–Crippen MR) is 93.9 cm³/mol. The molecule has 1 aliphatic rings. The van der Waals surface area contributed by atoms with Crippen LogP contribution in [0.25, 0.3) is 0 Å². The number of carbonyl (C=O) groups is 2. The van der Waals surface area contributed by atoms with Crippen molar-refractivity contribution in [2.75, 3.05) is 6.61 Å². The SMILES string of the molecule is O=C(OCC[C@H]1O[C@H](O)[C@H](O)[C@@H]1OC(=O)c1ccccc1)c1ccccc1. The fourth-order valence-corrected chi connectivity index (χ4v) is 2.79. The van der Waals surface area contributed by atoms with Gasteiger partial charge < -0.3 is 24.4 Å². The maximum Gasteiger partial charge on any atom is 0.338 e. The lowest BCUT2D eigenvalue weighted by Crippen LogP contribution is -2.37. The minimum Gasteiger partial charge on any atom is -0.462 e. The summed E-state index contributed by atoms with van der Waals surface area (Å²) in [5.41, 5.74) is 0.734. The molecule has 0 aromatic heterocycles. The minimum atomic E-state index is -1.48. The molecule has 0 unspecified atom stereocenters. The molecule has 3 rings (SSSR count). The van der Waals surface area contributed by atoms with Crippen LogP contribution in [-0.4, -0.2) is 53.4 Å². The Balaban J connectivity index is 1.56. The molecule has 0 aliphatic carbocycles. The molecule has 1 fully saturated rings. The summed E-state index contributed by atoms with van der Waals surface area (Å²) in [7, 11) is 0. The van der Waals surface area contributed by atoms with Crippen LogP contribution in [0, 0.1) is 0 Å². The van der Waals surface area contributed by atoms with Crippen LogP contribution in [0.15, 0.2) is 60.7 Å². The van der Waals surface area contributed by atoms with Gasteiger partial charge in [-0.1, -0.05) is 36.4 Å². The van der Waals surface area contributed by atoms with E-state index in [1.165, 1.54) is 0 Å². The van der Waals surface area contributed by atoms with Gasteiger partial charge in [-0.15, -0.1) is 0 Å². The van der Waals surface area contributed by atoms with Gasteiger partial charge in [-0.2, -0.15) is 0 Å². The molecule has 1 heterocycles. The summed E-state index contributed by atoms with van der Waals surface area (Å²) >= 11 is 0. The maximum absolute atomic E-state index is 12.2. The van der Waals surface area contributed by atoms with Gasteiger partial charge in [-0.25, -0.2) is 9.59 Å². The Labute approximate surface area is 156 Å². The number of hydrogen-bond acceptors (Lipinski definition) is 7. The van der Waals surface area contributed by atoms with Crippen molar-refractivity contribution in [1.29, 1.82) is 0 Å². The fourth-order valence-electron chi connectivity index (χ4n) is 2.79. The number of carbonyl (C=O) groups excluding carboxylic acids is 2. The normalized spacial score (nSPS) is 24.4. The zero-order valence-corrected chi connectivity index (χ0v) is 14.4. The van der Waals surface area contributed by atoms with Crippen LogP contribution in [-0.2, 0) is 14.2 Å². The van der Waals surface area contributed by atoms with Crippen LogP contribution in [0.4, 0.5) is 0 Å². The van der Waals surface area contributed by atoms with Crippen LogP contribution in [0.5, 0.6) is 0 Å². The van der Waals surface area contributed by atoms with Gasteiger partial charge in [-0.05, 0) is 24.3 Å². The summed E-state index contributed by atoms with van der Waals surface area (Å²) in [4.78, 5) is 24.2. The van der Waals surface area contributed by atoms with Crippen LogP contribution in [0.2, 0.25) is 0 Å². The Hall–Kier alpha value is -2.74. The molecular weight excluding hydrogens is 352 g/mol. The molecule has 142 valence electrons. The van der Waals surface area contributed by atoms with E-state index in [2.05, 4.69) is 0 Å². The van der Waals surface area contributed by atoms with Crippen LogP contribution in [0.1, 0.15) is 27.1 Å². The molecule has 2 aromatic rings. The summed E-state index contributed by atoms with van der Waals surface area (Å²) < 4.78 is 15.7. The molecule has 1 aliphatic heterocycles. The number of aliphatic hydroxyl groups excluding tert-OH is 2. The fraction of sp³-hybridized carbons (Fsp3) is 0.300. The van der Waals surface area contributed by atoms with Crippen LogP contribution < -0.4 is 0 Å². The second-order valence-corrected chi connectivity index (χ2v) is 6.08. The Morgan fingerprint density at radius 2 is 1.44 bits per heavy atom. The Morgan fingerprint density at radius 3 is 2.04 bits per heavy atom. The van der Waals surface area contributed by atoms with E-state index in [4.69, 9.17) is 14.2 Å². The molecule has 7 nitrogen and oxygen atoms in total. The molecule has 4 atom stereocenters. The van der Waals surface area contributed by atoms with E-state index in [9.17, 15) is 19.8 Å². The third-order valence-corrected chi connectivity index (χ3v) is 4.21. The summed E-state index contributed by atoms with van der Waals surface area (Å²) in [6, 6.07) is 16.8. The number of benzene rings is 2. The average Bonchev–Trinajstić information content (AvgIpc) is 2.97. The summed E-state index contributed by atoms with van der Waals surface area (Å²) in [5, 5.41) is 19.8. The van der Waals surface area contributed by atoms with E-state index in [1.54, 1.807) is 60.7 Å². The minimum absolute atomic E-state index is 0.0166. The largest absolute Gasteiger partial charge is 0.462 e. The van der Waals surface area contributed by atoms with E-state index < -0.39 is 36.5 Å². The Morgan fingerprint density at radius 1 is 0.889 bits per heavy atom. The smallest absolute Gasteiger partial charge is 0.338 e. The highest BCUT2D eigenvalue weighted by Crippen LogP contribution is 2.26. The maximum atomic E-state index is 12.2.